The number of nitrogens with one attached hydrogen (secondary N) is 1. The van der Waals surface area contributed by atoms with Gasteiger partial charge >= 0.3 is 6.18 Å². The van der Waals surface area contributed by atoms with Crippen molar-refractivity contribution < 1.29 is 22.6 Å². The molecule has 10 heteroatoms. The first kappa shape index (κ1) is 21.0. The van der Waals surface area contributed by atoms with Gasteiger partial charge in [-0.2, -0.15) is 18.3 Å². The molecule has 1 aromatic heterocycles. The fourth-order valence-electron chi connectivity index (χ4n) is 3.26. The van der Waals surface area contributed by atoms with Gasteiger partial charge in [-0.3, -0.25) is 9.67 Å². The summed E-state index contributed by atoms with van der Waals surface area (Å²) in [5.74, 6) is 0.684. The second kappa shape index (κ2) is 8.73. The first-order chi connectivity index (χ1) is 13.8. The van der Waals surface area contributed by atoms with Gasteiger partial charge in [0.15, 0.2) is 5.96 Å². The van der Waals surface area contributed by atoms with Crippen LogP contribution in [0.4, 0.5) is 13.2 Å². The molecule has 1 aromatic carbocycles. The van der Waals surface area contributed by atoms with Crippen molar-refractivity contribution in [1.82, 2.24) is 20.0 Å². The van der Waals surface area contributed by atoms with Crippen molar-refractivity contribution >= 4 is 5.96 Å². The van der Waals surface area contributed by atoms with Crippen LogP contribution in [0.5, 0.6) is 5.75 Å². The molecule has 0 radical (unpaired) electrons. The minimum absolute atomic E-state index is 0.0135. The highest BCUT2D eigenvalue weighted by Crippen LogP contribution is 2.34. The Hall–Kier alpha value is -2.75. The van der Waals surface area contributed by atoms with Crippen LogP contribution < -0.4 is 10.1 Å². The van der Waals surface area contributed by atoms with Crippen LogP contribution in [0.2, 0.25) is 0 Å². The Morgan fingerprint density at radius 2 is 2.21 bits per heavy atom. The normalized spacial score (nSPS) is 18.1. The average molecular weight is 411 g/mol. The number of hydrogen-bond acceptors (Lipinski definition) is 4. The highest BCUT2D eigenvalue weighted by atomic mass is 19.4. The van der Waals surface area contributed by atoms with Crippen molar-refractivity contribution in [3.05, 3.63) is 47.3 Å². The number of guanidine groups is 1. The zero-order valence-electron chi connectivity index (χ0n) is 16.5. The van der Waals surface area contributed by atoms with E-state index >= 15 is 0 Å². The molecule has 0 saturated carbocycles. The zero-order valence-corrected chi connectivity index (χ0v) is 16.5. The predicted molar refractivity (Wildman–Crippen MR) is 102 cm³/mol. The van der Waals surface area contributed by atoms with E-state index in [1.54, 1.807) is 17.9 Å². The predicted octanol–water partition coefficient (Wildman–Crippen LogP) is 2.60. The highest BCUT2D eigenvalue weighted by Gasteiger charge is 2.34. The van der Waals surface area contributed by atoms with Crippen molar-refractivity contribution in [2.75, 3.05) is 33.9 Å². The quantitative estimate of drug-likeness (QED) is 0.619. The largest absolute Gasteiger partial charge is 0.497 e. The van der Waals surface area contributed by atoms with Gasteiger partial charge in [0.2, 0.25) is 0 Å². The van der Waals surface area contributed by atoms with Gasteiger partial charge in [-0.1, -0.05) is 6.07 Å². The van der Waals surface area contributed by atoms with E-state index in [2.05, 4.69) is 15.4 Å². The van der Waals surface area contributed by atoms with E-state index in [4.69, 9.17) is 9.47 Å². The number of hydrogen-bond donors (Lipinski definition) is 1. The van der Waals surface area contributed by atoms with Crippen LogP contribution in [0.3, 0.4) is 0 Å². The lowest BCUT2D eigenvalue weighted by atomic mass is 10.1. The van der Waals surface area contributed by atoms with E-state index < -0.39 is 11.7 Å². The molecule has 1 unspecified atom stereocenters. The van der Waals surface area contributed by atoms with Gasteiger partial charge in [-0.15, -0.1) is 0 Å². The maximum absolute atomic E-state index is 13.4. The summed E-state index contributed by atoms with van der Waals surface area (Å²) in [6, 6.07) is 3.94. The molecule has 2 aromatic rings. The molecule has 1 aliphatic heterocycles. The lowest BCUT2D eigenvalue weighted by Crippen LogP contribution is -2.48. The molecule has 0 spiro atoms. The minimum atomic E-state index is -4.47. The first-order valence-corrected chi connectivity index (χ1v) is 9.11. The van der Waals surface area contributed by atoms with Gasteiger partial charge in [0, 0.05) is 38.9 Å². The van der Waals surface area contributed by atoms with Crippen LogP contribution in [0.15, 0.2) is 35.6 Å². The molecule has 3 rings (SSSR count). The molecule has 29 heavy (non-hydrogen) atoms. The highest BCUT2D eigenvalue weighted by molar-refractivity contribution is 5.80. The average Bonchev–Trinajstić information content (AvgIpc) is 3.14. The van der Waals surface area contributed by atoms with Crippen LogP contribution >= 0.6 is 0 Å². The molecule has 2 heterocycles. The Kier molecular flexibility index (Phi) is 6.31. The Labute approximate surface area is 167 Å². The van der Waals surface area contributed by atoms with Crippen molar-refractivity contribution in [3.63, 3.8) is 0 Å². The second-order valence-corrected chi connectivity index (χ2v) is 6.67. The van der Waals surface area contributed by atoms with Gasteiger partial charge in [0.1, 0.15) is 11.9 Å². The van der Waals surface area contributed by atoms with Crippen molar-refractivity contribution in [2.45, 2.75) is 18.8 Å². The molecule has 0 bridgehead atoms. The van der Waals surface area contributed by atoms with E-state index in [1.807, 2.05) is 18.1 Å². The molecule has 1 aliphatic rings. The van der Waals surface area contributed by atoms with E-state index in [1.165, 1.54) is 19.2 Å². The molecule has 1 N–H and O–H groups in total. The molecular weight excluding hydrogens is 387 g/mol. The van der Waals surface area contributed by atoms with Gasteiger partial charge in [0.05, 0.1) is 32.0 Å². The maximum Gasteiger partial charge on any atom is 0.416 e. The van der Waals surface area contributed by atoms with Crippen LogP contribution in [-0.4, -0.2) is 54.5 Å². The van der Waals surface area contributed by atoms with E-state index in [0.717, 1.165) is 11.6 Å². The maximum atomic E-state index is 13.4. The molecule has 1 atom stereocenters. The second-order valence-electron chi connectivity index (χ2n) is 6.67. The summed E-state index contributed by atoms with van der Waals surface area (Å²) in [6.07, 6.45) is -1.02. The summed E-state index contributed by atoms with van der Waals surface area (Å²) in [7, 11) is 4.78. The Bertz CT molecular complexity index is 866. The van der Waals surface area contributed by atoms with Gasteiger partial charge in [0.25, 0.3) is 0 Å². The first-order valence-electron chi connectivity index (χ1n) is 9.11. The number of benzene rings is 1. The van der Waals surface area contributed by atoms with Crippen molar-refractivity contribution in [1.29, 1.82) is 0 Å². The zero-order chi connectivity index (χ0) is 21.0. The van der Waals surface area contributed by atoms with Crippen LogP contribution in [0, 0.1) is 0 Å². The van der Waals surface area contributed by atoms with Crippen LogP contribution in [0.25, 0.3) is 0 Å². The summed E-state index contributed by atoms with van der Waals surface area (Å²) < 4.78 is 52.7. The topological polar surface area (TPSA) is 63.9 Å². The molecule has 1 saturated heterocycles. The summed E-state index contributed by atoms with van der Waals surface area (Å²) in [6.45, 7) is 1.59. The number of rotatable bonds is 4. The molecule has 0 amide bonds. The smallest absolute Gasteiger partial charge is 0.416 e. The third kappa shape index (κ3) is 5.00. The molecule has 1 fully saturated rings. The van der Waals surface area contributed by atoms with Crippen LogP contribution in [-0.2, 0) is 24.5 Å². The Balaban J connectivity index is 1.71. The third-order valence-electron chi connectivity index (χ3n) is 4.73. The SMILES string of the molecule is CN=C(NCc1ccc(OC)cc1C(F)(F)F)N1CCOC(c2cnn(C)c2)C1. The van der Waals surface area contributed by atoms with Gasteiger partial charge in [-0.05, 0) is 17.7 Å². The van der Waals surface area contributed by atoms with Gasteiger partial charge < -0.3 is 19.7 Å². The fraction of sp³-hybridized carbons (Fsp3) is 0.474. The van der Waals surface area contributed by atoms with E-state index in [9.17, 15) is 13.2 Å². The minimum Gasteiger partial charge on any atom is -0.497 e. The third-order valence-corrected chi connectivity index (χ3v) is 4.73. The molecule has 0 aliphatic carbocycles. The summed E-state index contributed by atoms with van der Waals surface area (Å²) in [5.41, 5.74) is 0.341. The summed E-state index contributed by atoms with van der Waals surface area (Å²) >= 11 is 0. The Morgan fingerprint density at radius 1 is 1.41 bits per heavy atom. The number of methoxy groups -OCH3 is 1. The van der Waals surface area contributed by atoms with Crippen molar-refractivity contribution in [2.24, 2.45) is 12.0 Å². The Morgan fingerprint density at radius 3 is 2.83 bits per heavy atom. The number of aryl methyl sites for hydroxylation is 1. The van der Waals surface area contributed by atoms with E-state index in [0.29, 0.717) is 25.7 Å². The van der Waals surface area contributed by atoms with Crippen LogP contribution in [0.1, 0.15) is 22.8 Å². The monoisotopic (exact) mass is 411 g/mol. The van der Waals surface area contributed by atoms with Gasteiger partial charge in [-0.25, -0.2) is 0 Å². The van der Waals surface area contributed by atoms with Crippen molar-refractivity contribution in [3.8, 4) is 5.75 Å². The lowest BCUT2D eigenvalue weighted by Gasteiger charge is -2.34. The summed E-state index contributed by atoms with van der Waals surface area (Å²) in [4.78, 5) is 6.21. The van der Waals surface area contributed by atoms with E-state index in [-0.39, 0.29) is 24.0 Å². The standard InChI is InChI=1S/C19H24F3N5O2/c1-23-18(27-6-7-29-17(12-27)14-10-25-26(2)11-14)24-9-13-4-5-15(28-3)8-16(13)19(20,21)22/h4-5,8,10-11,17H,6-7,9,12H2,1-3H3,(H,23,24). The molecule has 7 nitrogen and oxygen atoms in total. The fourth-order valence-corrected chi connectivity index (χ4v) is 3.26. The molecule has 158 valence electrons. The number of ether oxygens (including phenoxy) is 2. The number of nitrogens with zero attached hydrogens (tertiary/aromatic N) is 4. The number of halogens is 3. The lowest BCUT2D eigenvalue weighted by molar-refractivity contribution is -0.138. The number of morpholine rings is 1. The molecular formula is C19H24F3N5O2. The number of aromatic nitrogens is 2. The number of aliphatic imine (C=N–C) groups is 1. The number of alkyl halides is 3. The summed E-state index contributed by atoms with van der Waals surface area (Å²) in [5, 5.41) is 7.20.